The lowest BCUT2D eigenvalue weighted by Gasteiger charge is -2.34. The Kier molecular flexibility index (Phi) is 7.53. The van der Waals surface area contributed by atoms with Gasteiger partial charge in [-0.05, 0) is 48.7 Å². The highest BCUT2D eigenvalue weighted by atomic mass is 16.5. The van der Waals surface area contributed by atoms with Crippen molar-refractivity contribution in [2.45, 2.75) is 25.4 Å². The lowest BCUT2D eigenvalue weighted by atomic mass is 10.0. The molecule has 1 saturated heterocycles. The topological polar surface area (TPSA) is 83.6 Å². The van der Waals surface area contributed by atoms with E-state index in [1.54, 1.807) is 12.4 Å². The van der Waals surface area contributed by atoms with Crippen molar-refractivity contribution < 1.29 is 14.3 Å². The molecule has 0 radical (unpaired) electrons. The molecule has 0 bridgehead atoms. The molecule has 2 N–H and O–H groups in total. The summed E-state index contributed by atoms with van der Waals surface area (Å²) in [6.07, 6.45) is 5.07. The molecule has 3 aromatic rings. The fourth-order valence-corrected chi connectivity index (χ4v) is 3.92. The predicted octanol–water partition coefficient (Wildman–Crippen LogP) is 3.18. The number of hydrogen-bond acceptors (Lipinski definition) is 5. The molecule has 1 aromatic heterocycles. The Morgan fingerprint density at radius 1 is 0.970 bits per heavy atom. The zero-order chi connectivity index (χ0) is 22.9. The number of rotatable bonds is 8. The largest absolute Gasteiger partial charge is 0.484 e. The van der Waals surface area contributed by atoms with E-state index in [2.05, 4.69) is 20.5 Å². The van der Waals surface area contributed by atoms with Crippen LogP contribution in [-0.2, 0) is 11.3 Å². The molecule has 170 valence electrons. The van der Waals surface area contributed by atoms with E-state index in [0.29, 0.717) is 17.9 Å². The van der Waals surface area contributed by atoms with Gasteiger partial charge in [-0.3, -0.25) is 14.6 Å². The predicted molar refractivity (Wildman–Crippen MR) is 127 cm³/mol. The summed E-state index contributed by atoms with van der Waals surface area (Å²) in [4.78, 5) is 31.4. The van der Waals surface area contributed by atoms with E-state index in [9.17, 15) is 9.59 Å². The molecule has 0 saturated carbocycles. The molecule has 2 amide bonds. The molecule has 1 fully saturated rings. The monoisotopic (exact) mass is 444 g/mol. The van der Waals surface area contributed by atoms with Crippen LogP contribution in [0.5, 0.6) is 5.75 Å². The molecule has 0 unspecified atom stereocenters. The van der Waals surface area contributed by atoms with Gasteiger partial charge in [-0.1, -0.05) is 36.4 Å². The molecule has 7 nitrogen and oxygen atoms in total. The standard InChI is InChI=1S/C26H28N4O3/c31-25(19-33-22-8-2-1-3-9-22)29-21-12-15-30(16-13-21)24-11-5-4-10-23(24)26(32)28-18-20-7-6-14-27-17-20/h1-11,14,17,21H,12-13,15-16,18-19H2,(H,28,32)(H,29,31). The highest BCUT2D eigenvalue weighted by Crippen LogP contribution is 2.24. The molecule has 33 heavy (non-hydrogen) atoms. The number of benzene rings is 2. The van der Waals surface area contributed by atoms with Gasteiger partial charge >= 0.3 is 0 Å². The zero-order valence-electron chi connectivity index (χ0n) is 18.4. The number of anilines is 1. The maximum Gasteiger partial charge on any atom is 0.258 e. The zero-order valence-corrected chi connectivity index (χ0v) is 18.4. The number of carbonyl (C=O) groups is 2. The van der Waals surface area contributed by atoms with Crippen LogP contribution in [0.25, 0.3) is 0 Å². The Labute approximate surface area is 193 Å². The minimum atomic E-state index is -0.118. The van der Waals surface area contributed by atoms with Gasteiger partial charge in [0.05, 0.1) is 5.56 Å². The third-order valence-corrected chi connectivity index (χ3v) is 5.64. The summed E-state index contributed by atoms with van der Waals surface area (Å²) in [7, 11) is 0. The first kappa shape index (κ1) is 22.3. The van der Waals surface area contributed by atoms with Gasteiger partial charge in [0.25, 0.3) is 11.8 Å². The average Bonchev–Trinajstić information content (AvgIpc) is 2.88. The van der Waals surface area contributed by atoms with Gasteiger partial charge in [-0.15, -0.1) is 0 Å². The van der Waals surface area contributed by atoms with E-state index in [0.717, 1.165) is 37.2 Å². The van der Waals surface area contributed by atoms with Crippen molar-refractivity contribution in [2.24, 2.45) is 0 Å². The normalized spacial score (nSPS) is 13.9. The molecular weight excluding hydrogens is 416 g/mol. The molecule has 1 aliphatic heterocycles. The van der Waals surface area contributed by atoms with Crippen molar-refractivity contribution >= 4 is 17.5 Å². The van der Waals surface area contributed by atoms with E-state index in [1.165, 1.54) is 0 Å². The number of nitrogens with one attached hydrogen (secondary N) is 2. The summed E-state index contributed by atoms with van der Waals surface area (Å²) >= 11 is 0. The Morgan fingerprint density at radius 3 is 2.48 bits per heavy atom. The number of para-hydroxylation sites is 2. The van der Waals surface area contributed by atoms with E-state index >= 15 is 0 Å². The number of piperidine rings is 1. The molecule has 0 spiro atoms. The molecular formula is C26H28N4O3. The van der Waals surface area contributed by atoms with Gasteiger partial charge < -0.3 is 20.3 Å². The Hall–Kier alpha value is -3.87. The van der Waals surface area contributed by atoms with E-state index < -0.39 is 0 Å². The number of carbonyl (C=O) groups excluding carboxylic acids is 2. The third-order valence-electron chi connectivity index (χ3n) is 5.64. The molecule has 4 rings (SSSR count). The highest BCUT2D eigenvalue weighted by molar-refractivity contribution is 5.99. The number of ether oxygens (including phenoxy) is 1. The summed E-state index contributed by atoms with van der Waals surface area (Å²) in [6, 6.07) is 20.9. The van der Waals surface area contributed by atoms with Crippen LogP contribution >= 0.6 is 0 Å². The van der Waals surface area contributed by atoms with Crippen molar-refractivity contribution in [3.8, 4) is 5.75 Å². The van der Waals surface area contributed by atoms with Crippen LogP contribution < -0.4 is 20.3 Å². The Morgan fingerprint density at radius 2 is 1.73 bits per heavy atom. The van der Waals surface area contributed by atoms with E-state index in [1.807, 2.05) is 66.7 Å². The molecule has 0 aliphatic carbocycles. The van der Waals surface area contributed by atoms with Gasteiger partial charge in [0.15, 0.2) is 6.61 Å². The minimum Gasteiger partial charge on any atom is -0.484 e. The highest BCUT2D eigenvalue weighted by Gasteiger charge is 2.23. The summed E-state index contributed by atoms with van der Waals surface area (Å²) in [5, 5.41) is 6.04. The quantitative estimate of drug-likeness (QED) is 0.558. The number of pyridine rings is 1. The SMILES string of the molecule is O=C(COc1ccccc1)NC1CCN(c2ccccc2C(=O)NCc2cccnc2)CC1. The number of hydrogen-bond donors (Lipinski definition) is 2. The number of amides is 2. The van der Waals surface area contributed by atoms with E-state index in [-0.39, 0.29) is 24.5 Å². The molecule has 0 atom stereocenters. The Balaban J connectivity index is 1.28. The van der Waals surface area contributed by atoms with Crippen LogP contribution in [0.4, 0.5) is 5.69 Å². The van der Waals surface area contributed by atoms with Crippen LogP contribution in [0.1, 0.15) is 28.8 Å². The van der Waals surface area contributed by atoms with Crippen LogP contribution in [-0.4, -0.2) is 42.5 Å². The van der Waals surface area contributed by atoms with Gasteiger partial charge in [-0.2, -0.15) is 0 Å². The first-order valence-corrected chi connectivity index (χ1v) is 11.2. The molecule has 2 heterocycles. The maximum atomic E-state index is 12.9. The van der Waals surface area contributed by atoms with Crippen LogP contribution in [0.15, 0.2) is 79.1 Å². The van der Waals surface area contributed by atoms with Crippen LogP contribution in [0, 0.1) is 0 Å². The molecule has 7 heteroatoms. The van der Waals surface area contributed by atoms with Crippen molar-refractivity contribution in [3.63, 3.8) is 0 Å². The Bertz CT molecular complexity index is 1050. The fourth-order valence-electron chi connectivity index (χ4n) is 3.92. The fraction of sp³-hybridized carbons (Fsp3) is 0.269. The summed E-state index contributed by atoms with van der Waals surface area (Å²) in [5.74, 6) is 0.455. The molecule has 2 aromatic carbocycles. The third kappa shape index (κ3) is 6.32. The van der Waals surface area contributed by atoms with E-state index in [4.69, 9.17) is 4.74 Å². The second-order valence-electron chi connectivity index (χ2n) is 7.99. The van der Waals surface area contributed by atoms with Crippen molar-refractivity contribution in [1.82, 2.24) is 15.6 Å². The summed E-state index contributed by atoms with van der Waals surface area (Å²) in [6.45, 7) is 1.96. The number of nitrogens with zero attached hydrogens (tertiary/aromatic N) is 2. The second-order valence-corrected chi connectivity index (χ2v) is 7.99. The second kappa shape index (κ2) is 11.1. The van der Waals surface area contributed by atoms with Gasteiger partial charge in [0.1, 0.15) is 5.75 Å². The van der Waals surface area contributed by atoms with Gasteiger partial charge in [-0.25, -0.2) is 0 Å². The summed E-state index contributed by atoms with van der Waals surface area (Å²) < 4.78 is 5.53. The smallest absolute Gasteiger partial charge is 0.258 e. The van der Waals surface area contributed by atoms with Gasteiger partial charge in [0.2, 0.25) is 0 Å². The van der Waals surface area contributed by atoms with Gasteiger partial charge in [0, 0.05) is 43.8 Å². The van der Waals surface area contributed by atoms with Crippen molar-refractivity contribution in [1.29, 1.82) is 0 Å². The van der Waals surface area contributed by atoms with Crippen LogP contribution in [0.2, 0.25) is 0 Å². The molecule has 1 aliphatic rings. The minimum absolute atomic E-state index is 0.00413. The maximum absolute atomic E-state index is 12.9. The average molecular weight is 445 g/mol. The first-order valence-electron chi connectivity index (χ1n) is 11.2. The lowest BCUT2D eigenvalue weighted by Crippen LogP contribution is -2.46. The first-order chi connectivity index (χ1) is 16.2. The summed E-state index contributed by atoms with van der Waals surface area (Å²) in [5.41, 5.74) is 2.52. The van der Waals surface area contributed by atoms with Crippen LogP contribution in [0.3, 0.4) is 0 Å². The van der Waals surface area contributed by atoms with Crippen molar-refractivity contribution in [3.05, 3.63) is 90.3 Å². The number of aromatic nitrogens is 1. The van der Waals surface area contributed by atoms with Crippen molar-refractivity contribution in [2.75, 3.05) is 24.6 Å². The lowest BCUT2D eigenvalue weighted by molar-refractivity contribution is -0.123.